The van der Waals surface area contributed by atoms with Crippen molar-refractivity contribution < 1.29 is 27.4 Å². The summed E-state index contributed by atoms with van der Waals surface area (Å²) in [5, 5.41) is 2.71. The Morgan fingerprint density at radius 3 is 2.73 bits per heavy atom. The second-order valence-electron chi connectivity index (χ2n) is 6.30. The summed E-state index contributed by atoms with van der Waals surface area (Å²) < 4.78 is 48.8. The van der Waals surface area contributed by atoms with Crippen molar-refractivity contribution >= 4 is 16.8 Å². The summed E-state index contributed by atoms with van der Waals surface area (Å²) in [5.74, 6) is -0.953. The Hall–Kier alpha value is -3.56. The first-order chi connectivity index (χ1) is 14.4. The third-order valence-electron chi connectivity index (χ3n) is 4.28. The number of nitrogens with zero attached hydrogens (tertiary/aromatic N) is 2. The maximum Gasteiger partial charge on any atom is 0.387 e. The molecule has 0 atom stereocenters. The predicted octanol–water partition coefficient (Wildman–Crippen LogP) is 2.50. The van der Waals surface area contributed by atoms with E-state index in [4.69, 9.17) is 4.74 Å². The summed E-state index contributed by atoms with van der Waals surface area (Å²) in [5.41, 5.74) is 0.449. The van der Waals surface area contributed by atoms with Gasteiger partial charge in [0.25, 0.3) is 5.56 Å². The average Bonchev–Trinajstić information content (AvgIpc) is 2.70. The minimum Gasteiger partial charge on any atom is -0.493 e. The molecule has 10 heteroatoms. The fraction of sp³-hybridized carbons (Fsp3) is 0.250. The number of fused-ring (bicyclic) bond motifs is 1. The fourth-order valence-electron chi connectivity index (χ4n) is 2.87. The van der Waals surface area contributed by atoms with Crippen LogP contribution in [0.15, 0.2) is 47.5 Å². The van der Waals surface area contributed by atoms with Gasteiger partial charge in [-0.3, -0.25) is 14.2 Å². The number of halogens is 3. The van der Waals surface area contributed by atoms with E-state index in [1.165, 1.54) is 37.7 Å². The molecule has 0 bridgehead atoms. The van der Waals surface area contributed by atoms with E-state index in [0.29, 0.717) is 17.5 Å². The molecular formula is C20H18F3N3O4. The van der Waals surface area contributed by atoms with Crippen LogP contribution in [0.2, 0.25) is 0 Å². The first-order valence-electron chi connectivity index (χ1n) is 8.90. The Balaban J connectivity index is 1.61. The molecule has 0 spiro atoms. The maximum absolute atomic E-state index is 13.4. The number of ether oxygens (including phenoxy) is 2. The third-order valence-corrected chi connectivity index (χ3v) is 4.28. The number of rotatable bonds is 8. The van der Waals surface area contributed by atoms with E-state index in [1.54, 1.807) is 6.07 Å². The van der Waals surface area contributed by atoms with E-state index in [1.807, 2.05) is 0 Å². The summed E-state index contributed by atoms with van der Waals surface area (Å²) in [6.45, 7) is -3.08. The molecule has 0 saturated carbocycles. The number of alkyl halides is 2. The molecule has 7 nitrogen and oxygen atoms in total. The first-order valence-corrected chi connectivity index (χ1v) is 8.90. The highest BCUT2D eigenvalue weighted by Gasteiger charge is 2.12. The van der Waals surface area contributed by atoms with Crippen molar-refractivity contribution in [1.29, 1.82) is 0 Å². The smallest absolute Gasteiger partial charge is 0.387 e. The summed E-state index contributed by atoms with van der Waals surface area (Å²) in [4.78, 5) is 28.6. The van der Waals surface area contributed by atoms with Gasteiger partial charge >= 0.3 is 6.61 Å². The quantitative estimate of drug-likeness (QED) is 0.605. The van der Waals surface area contributed by atoms with Crippen LogP contribution in [-0.4, -0.2) is 35.7 Å². The normalized spacial score (nSPS) is 11.0. The van der Waals surface area contributed by atoms with E-state index in [9.17, 15) is 22.8 Å². The van der Waals surface area contributed by atoms with E-state index in [0.717, 1.165) is 10.6 Å². The molecule has 1 amide bonds. The van der Waals surface area contributed by atoms with Crippen molar-refractivity contribution in [1.82, 2.24) is 14.9 Å². The van der Waals surface area contributed by atoms with Gasteiger partial charge in [0.05, 0.1) is 24.3 Å². The van der Waals surface area contributed by atoms with E-state index in [-0.39, 0.29) is 30.0 Å². The molecule has 0 saturated heterocycles. The molecule has 1 N–H and O–H groups in total. The van der Waals surface area contributed by atoms with Gasteiger partial charge in [-0.1, -0.05) is 6.07 Å². The van der Waals surface area contributed by atoms with Crippen LogP contribution in [0.3, 0.4) is 0 Å². The lowest BCUT2D eigenvalue weighted by Gasteiger charge is -2.12. The van der Waals surface area contributed by atoms with Gasteiger partial charge in [0.2, 0.25) is 5.91 Å². The Morgan fingerprint density at radius 2 is 2.00 bits per heavy atom. The highest BCUT2D eigenvalue weighted by molar-refractivity contribution is 5.79. The lowest BCUT2D eigenvalue weighted by molar-refractivity contribution is -0.121. The Labute approximate surface area is 169 Å². The molecular weight excluding hydrogens is 403 g/mol. The lowest BCUT2D eigenvalue weighted by Crippen LogP contribution is -2.33. The van der Waals surface area contributed by atoms with Gasteiger partial charge in [0.1, 0.15) is 12.4 Å². The molecule has 0 aliphatic carbocycles. The summed E-state index contributed by atoms with van der Waals surface area (Å²) in [7, 11) is 1.34. The van der Waals surface area contributed by atoms with Gasteiger partial charge in [0, 0.05) is 6.54 Å². The third kappa shape index (κ3) is 5.07. The molecule has 1 aromatic heterocycles. The van der Waals surface area contributed by atoms with Crippen molar-refractivity contribution in [3.8, 4) is 11.5 Å². The fourth-order valence-corrected chi connectivity index (χ4v) is 2.87. The van der Waals surface area contributed by atoms with Crippen LogP contribution < -0.4 is 20.3 Å². The topological polar surface area (TPSA) is 82.5 Å². The second kappa shape index (κ2) is 9.29. The van der Waals surface area contributed by atoms with E-state index < -0.39 is 23.9 Å². The van der Waals surface area contributed by atoms with Crippen molar-refractivity contribution in [3.05, 3.63) is 64.5 Å². The SMILES string of the molecule is COc1ccc(CCNC(=O)Cn2cnc3ccc(F)cc3c2=O)cc1OC(F)F. The molecule has 0 unspecified atom stereocenters. The zero-order chi connectivity index (χ0) is 21.7. The van der Waals surface area contributed by atoms with Crippen LogP contribution in [0.5, 0.6) is 11.5 Å². The van der Waals surface area contributed by atoms with Crippen LogP contribution >= 0.6 is 0 Å². The molecule has 158 valence electrons. The summed E-state index contributed by atoms with van der Waals surface area (Å²) in [6.07, 6.45) is 1.56. The minimum absolute atomic E-state index is 0.0788. The zero-order valence-corrected chi connectivity index (χ0v) is 15.9. The predicted molar refractivity (Wildman–Crippen MR) is 102 cm³/mol. The van der Waals surface area contributed by atoms with Crippen molar-refractivity contribution in [3.63, 3.8) is 0 Å². The molecule has 0 radical (unpaired) electrons. The number of nitrogens with one attached hydrogen (secondary N) is 1. The van der Waals surface area contributed by atoms with Gasteiger partial charge in [-0.15, -0.1) is 0 Å². The number of amides is 1. The van der Waals surface area contributed by atoms with Crippen molar-refractivity contribution in [2.45, 2.75) is 19.6 Å². The number of hydrogen-bond acceptors (Lipinski definition) is 5. The van der Waals surface area contributed by atoms with Crippen LogP contribution in [0.25, 0.3) is 10.9 Å². The first kappa shape index (κ1) is 21.2. The molecule has 3 aromatic rings. The molecule has 3 rings (SSSR count). The molecule has 1 heterocycles. The Morgan fingerprint density at radius 1 is 1.20 bits per heavy atom. The van der Waals surface area contributed by atoms with E-state index >= 15 is 0 Å². The Bertz CT molecular complexity index is 1120. The summed E-state index contributed by atoms with van der Waals surface area (Å²) >= 11 is 0. The second-order valence-corrected chi connectivity index (χ2v) is 6.30. The van der Waals surface area contributed by atoms with Gasteiger partial charge in [-0.2, -0.15) is 8.78 Å². The number of methoxy groups -OCH3 is 1. The molecule has 0 aliphatic heterocycles. The molecule has 30 heavy (non-hydrogen) atoms. The maximum atomic E-state index is 13.4. The highest BCUT2D eigenvalue weighted by Crippen LogP contribution is 2.29. The van der Waals surface area contributed by atoms with Crippen molar-refractivity contribution in [2.24, 2.45) is 0 Å². The highest BCUT2D eigenvalue weighted by atomic mass is 19.3. The standard InChI is InChI=1S/C20H18F3N3O4/c1-29-16-5-2-12(8-17(16)30-20(22)23)6-7-24-18(27)10-26-11-25-15-4-3-13(21)9-14(15)19(26)28/h2-5,8-9,11,20H,6-7,10H2,1H3,(H,24,27). The van der Waals surface area contributed by atoms with Gasteiger partial charge in [-0.05, 0) is 42.3 Å². The molecule has 0 fully saturated rings. The zero-order valence-electron chi connectivity index (χ0n) is 15.9. The Kier molecular flexibility index (Phi) is 6.55. The number of carbonyl (C=O) groups is 1. The van der Waals surface area contributed by atoms with Crippen LogP contribution in [-0.2, 0) is 17.8 Å². The number of benzene rings is 2. The van der Waals surface area contributed by atoms with Gasteiger partial charge < -0.3 is 14.8 Å². The van der Waals surface area contributed by atoms with Crippen LogP contribution in [0.4, 0.5) is 13.2 Å². The number of carbonyl (C=O) groups excluding carboxylic acids is 1. The lowest BCUT2D eigenvalue weighted by atomic mass is 10.1. The molecule has 2 aromatic carbocycles. The van der Waals surface area contributed by atoms with Crippen LogP contribution in [0, 0.1) is 5.82 Å². The van der Waals surface area contributed by atoms with Gasteiger partial charge in [-0.25, -0.2) is 9.37 Å². The number of hydrogen-bond donors (Lipinski definition) is 1. The number of aromatic nitrogens is 2. The van der Waals surface area contributed by atoms with Crippen molar-refractivity contribution in [2.75, 3.05) is 13.7 Å². The minimum atomic E-state index is -2.99. The largest absolute Gasteiger partial charge is 0.493 e. The van der Waals surface area contributed by atoms with E-state index in [2.05, 4.69) is 15.0 Å². The monoisotopic (exact) mass is 421 g/mol. The molecule has 0 aliphatic rings. The van der Waals surface area contributed by atoms with Gasteiger partial charge in [0.15, 0.2) is 11.5 Å². The average molecular weight is 421 g/mol. The van der Waals surface area contributed by atoms with Crippen LogP contribution in [0.1, 0.15) is 5.56 Å². The summed E-state index contributed by atoms with van der Waals surface area (Å²) in [6, 6.07) is 8.22.